The minimum absolute atomic E-state index is 0.400. The van der Waals surface area contributed by atoms with E-state index in [1.807, 2.05) is 0 Å². The number of nitrogens with zero attached hydrogens (tertiary/aromatic N) is 1. The molecule has 19 heavy (non-hydrogen) atoms. The lowest BCUT2D eigenvalue weighted by Crippen LogP contribution is -2.34. The molecule has 3 nitrogen and oxygen atoms in total. The summed E-state index contributed by atoms with van der Waals surface area (Å²) in [7, 11) is 0. The minimum atomic E-state index is 0.400. The zero-order valence-electron chi connectivity index (χ0n) is 12.7. The van der Waals surface area contributed by atoms with E-state index in [4.69, 9.17) is 0 Å². The smallest absolute Gasteiger partial charge is 0.222 e. The lowest BCUT2D eigenvalue weighted by atomic mass is 9.84. The Morgan fingerprint density at radius 3 is 2.63 bits per heavy atom. The van der Waals surface area contributed by atoms with Gasteiger partial charge >= 0.3 is 0 Å². The standard InChI is InChI=1S/C16H30N2O/c1-13(2)4-3-5-16(19)18-11-8-15(12-18)14-6-9-17-10-7-14/h13-15,17H,3-12H2,1-2H3. The van der Waals surface area contributed by atoms with Gasteiger partial charge in [-0.05, 0) is 56.5 Å². The summed E-state index contributed by atoms with van der Waals surface area (Å²) in [5, 5.41) is 3.43. The molecule has 0 radical (unpaired) electrons. The van der Waals surface area contributed by atoms with Crippen molar-refractivity contribution < 1.29 is 4.79 Å². The van der Waals surface area contributed by atoms with Gasteiger partial charge in [-0.2, -0.15) is 0 Å². The third-order valence-corrected chi connectivity index (χ3v) is 4.80. The molecule has 2 saturated heterocycles. The van der Waals surface area contributed by atoms with Crippen LogP contribution in [0.15, 0.2) is 0 Å². The Kier molecular flexibility index (Phi) is 5.68. The van der Waals surface area contributed by atoms with E-state index in [1.165, 1.54) is 38.8 Å². The van der Waals surface area contributed by atoms with Crippen LogP contribution in [0.1, 0.15) is 52.4 Å². The van der Waals surface area contributed by atoms with Crippen LogP contribution in [0.25, 0.3) is 0 Å². The van der Waals surface area contributed by atoms with E-state index in [0.29, 0.717) is 11.8 Å². The number of amides is 1. The summed E-state index contributed by atoms with van der Waals surface area (Å²) in [6, 6.07) is 0. The molecule has 2 aliphatic rings. The van der Waals surface area contributed by atoms with Crippen molar-refractivity contribution in [1.82, 2.24) is 10.2 Å². The molecule has 2 heterocycles. The van der Waals surface area contributed by atoms with Crippen LogP contribution in [0.2, 0.25) is 0 Å². The maximum absolute atomic E-state index is 12.2. The van der Waals surface area contributed by atoms with E-state index in [0.717, 1.165) is 37.8 Å². The molecule has 1 amide bonds. The van der Waals surface area contributed by atoms with E-state index < -0.39 is 0 Å². The minimum Gasteiger partial charge on any atom is -0.342 e. The number of likely N-dealkylation sites (tertiary alicyclic amines) is 1. The van der Waals surface area contributed by atoms with Crippen LogP contribution >= 0.6 is 0 Å². The predicted molar refractivity (Wildman–Crippen MR) is 79.0 cm³/mol. The fourth-order valence-electron chi connectivity index (χ4n) is 3.53. The Morgan fingerprint density at radius 2 is 1.95 bits per heavy atom. The number of carbonyl (C=O) groups excluding carboxylic acids is 1. The topological polar surface area (TPSA) is 32.3 Å². The highest BCUT2D eigenvalue weighted by Crippen LogP contribution is 2.30. The Labute approximate surface area is 118 Å². The average molecular weight is 266 g/mol. The van der Waals surface area contributed by atoms with Gasteiger partial charge in [0, 0.05) is 19.5 Å². The van der Waals surface area contributed by atoms with Gasteiger partial charge in [0.2, 0.25) is 5.91 Å². The van der Waals surface area contributed by atoms with Crippen molar-refractivity contribution in [1.29, 1.82) is 0 Å². The molecule has 0 saturated carbocycles. The molecule has 2 rings (SSSR count). The Balaban J connectivity index is 1.70. The highest BCUT2D eigenvalue weighted by atomic mass is 16.2. The van der Waals surface area contributed by atoms with Crippen LogP contribution in [-0.2, 0) is 4.79 Å². The van der Waals surface area contributed by atoms with Crippen molar-refractivity contribution in [3.8, 4) is 0 Å². The number of nitrogens with one attached hydrogen (secondary N) is 1. The van der Waals surface area contributed by atoms with Crippen LogP contribution in [0.4, 0.5) is 0 Å². The third kappa shape index (κ3) is 4.48. The second-order valence-corrected chi connectivity index (χ2v) is 6.76. The molecule has 1 N–H and O–H groups in total. The molecule has 2 aliphatic heterocycles. The number of rotatable bonds is 5. The molecule has 0 aromatic heterocycles. The number of carbonyl (C=O) groups is 1. The fraction of sp³-hybridized carbons (Fsp3) is 0.938. The van der Waals surface area contributed by atoms with Crippen molar-refractivity contribution in [2.45, 2.75) is 52.4 Å². The first-order valence-corrected chi connectivity index (χ1v) is 8.15. The van der Waals surface area contributed by atoms with E-state index >= 15 is 0 Å². The molecule has 110 valence electrons. The Hall–Kier alpha value is -0.570. The quantitative estimate of drug-likeness (QED) is 0.829. The van der Waals surface area contributed by atoms with Crippen molar-refractivity contribution in [2.24, 2.45) is 17.8 Å². The molecular formula is C16H30N2O. The first-order valence-electron chi connectivity index (χ1n) is 8.15. The van der Waals surface area contributed by atoms with Gasteiger partial charge in [-0.25, -0.2) is 0 Å². The molecule has 0 aliphatic carbocycles. The van der Waals surface area contributed by atoms with Crippen LogP contribution < -0.4 is 5.32 Å². The van der Waals surface area contributed by atoms with Crippen LogP contribution in [0, 0.1) is 17.8 Å². The third-order valence-electron chi connectivity index (χ3n) is 4.80. The van der Waals surface area contributed by atoms with Gasteiger partial charge in [0.15, 0.2) is 0 Å². The van der Waals surface area contributed by atoms with Crippen molar-refractivity contribution >= 4 is 5.91 Å². The second kappa shape index (κ2) is 7.28. The average Bonchev–Trinajstić information content (AvgIpc) is 2.89. The first kappa shape index (κ1) is 14.8. The highest BCUT2D eigenvalue weighted by Gasteiger charge is 2.31. The van der Waals surface area contributed by atoms with Gasteiger partial charge in [0.1, 0.15) is 0 Å². The van der Waals surface area contributed by atoms with E-state index in [-0.39, 0.29) is 0 Å². The van der Waals surface area contributed by atoms with Gasteiger partial charge in [-0.3, -0.25) is 4.79 Å². The lowest BCUT2D eigenvalue weighted by molar-refractivity contribution is -0.130. The Bertz CT molecular complexity index is 284. The van der Waals surface area contributed by atoms with Crippen molar-refractivity contribution in [2.75, 3.05) is 26.2 Å². The van der Waals surface area contributed by atoms with Gasteiger partial charge in [-0.15, -0.1) is 0 Å². The molecule has 2 fully saturated rings. The Morgan fingerprint density at radius 1 is 1.21 bits per heavy atom. The van der Waals surface area contributed by atoms with E-state index in [2.05, 4.69) is 24.1 Å². The van der Waals surface area contributed by atoms with Crippen LogP contribution in [-0.4, -0.2) is 37.0 Å². The van der Waals surface area contributed by atoms with Gasteiger partial charge in [-0.1, -0.05) is 20.3 Å². The molecule has 1 unspecified atom stereocenters. The summed E-state index contributed by atoms with van der Waals surface area (Å²) in [5.41, 5.74) is 0. The SMILES string of the molecule is CC(C)CCCC(=O)N1CCC(C2CCNCC2)C1. The highest BCUT2D eigenvalue weighted by molar-refractivity contribution is 5.76. The predicted octanol–water partition coefficient (Wildman–Crippen LogP) is 2.66. The number of hydrogen-bond acceptors (Lipinski definition) is 2. The normalized spacial score (nSPS) is 25.2. The number of piperidine rings is 1. The second-order valence-electron chi connectivity index (χ2n) is 6.76. The molecule has 3 heteroatoms. The molecule has 0 bridgehead atoms. The zero-order valence-corrected chi connectivity index (χ0v) is 12.7. The van der Waals surface area contributed by atoms with Crippen molar-refractivity contribution in [3.63, 3.8) is 0 Å². The summed E-state index contributed by atoms with van der Waals surface area (Å²) < 4.78 is 0. The lowest BCUT2D eigenvalue weighted by Gasteiger charge is -2.28. The first-order chi connectivity index (χ1) is 9.16. The van der Waals surface area contributed by atoms with E-state index in [1.54, 1.807) is 0 Å². The maximum Gasteiger partial charge on any atom is 0.222 e. The monoisotopic (exact) mass is 266 g/mol. The van der Waals surface area contributed by atoms with Crippen molar-refractivity contribution in [3.05, 3.63) is 0 Å². The molecule has 0 aromatic carbocycles. The summed E-state index contributed by atoms with van der Waals surface area (Å²) in [5.74, 6) is 2.75. The molecule has 0 aromatic rings. The van der Waals surface area contributed by atoms with E-state index in [9.17, 15) is 4.79 Å². The molecule has 1 atom stereocenters. The maximum atomic E-state index is 12.2. The summed E-state index contributed by atoms with van der Waals surface area (Å²) in [4.78, 5) is 14.3. The molecular weight excluding hydrogens is 236 g/mol. The fourth-order valence-corrected chi connectivity index (χ4v) is 3.53. The van der Waals surface area contributed by atoms with Crippen LogP contribution in [0.5, 0.6) is 0 Å². The summed E-state index contributed by atoms with van der Waals surface area (Å²) in [6.45, 7) is 8.84. The summed E-state index contributed by atoms with van der Waals surface area (Å²) >= 11 is 0. The van der Waals surface area contributed by atoms with Gasteiger partial charge in [0.25, 0.3) is 0 Å². The summed E-state index contributed by atoms with van der Waals surface area (Å²) in [6.07, 6.45) is 6.85. The van der Waals surface area contributed by atoms with Gasteiger partial charge < -0.3 is 10.2 Å². The number of hydrogen-bond donors (Lipinski definition) is 1. The van der Waals surface area contributed by atoms with Crippen LogP contribution in [0.3, 0.4) is 0 Å². The zero-order chi connectivity index (χ0) is 13.7. The van der Waals surface area contributed by atoms with Gasteiger partial charge in [0.05, 0.1) is 0 Å². The molecule has 0 spiro atoms. The largest absolute Gasteiger partial charge is 0.342 e.